The van der Waals surface area contributed by atoms with Crippen LogP contribution in [0.2, 0.25) is 0 Å². The third-order valence-corrected chi connectivity index (χ3v) is 3.53. The van der Waals surface area contributed by atoms with Gasteiger partial charge in [-0.15, -0.1) is 0 Å². The predicted octanol–water partition coefficient (Wildman–Crippen LogP) is 1.52. The van der Waals surface area contributed by atoms with E-state index in [1.807, 2.05) is 0 Å². The van der Waals surface area contributed by atoms with Gasteiger partial charge in [0.2, 0.25) is 0 Å². The largest absolute Gasteiger partial charge is 0.480 e. The average Bonchev–Trinajstić information content (AvgIpc) is 2.10. The molecule has 0 spiro atoms. The number of carbonyl (C=O) groups excluding carboxylic acids is 1. The first kappa shape index (κ1) is 16.1. The number of alkyl carbamates (subject to hydrolysis) is 1. The van der Waals surface area contributed by atoms with E-state index >= 15 is 0 Å². The van der Waals surface area contributed by atoms with Crippen molar-refractivity contribution in [1.82, 2.24) is 5.32 Å². The number of amides is 1. The zero-order valence-corrected chi connectivity index (χ0v) is 12.0. The summed E-state index contributed by atoms with van der Waals surface area (Å²) >= 11 is 0. The second-order valence-corrected chi connectivity index (χ2v) is 9.72. The molecule has 1 unspecified atom stereocenters. The van der Waals surface area contributed by atoms with Crippen LogP contribution in [0.1, 0.15) is 13.8 Å². The number of ether oxygens (including phenoxy) is 1. The molecule has 0 fully saturated rings. The van der Waals surface area contributed by atoms with Gasteiger partial charge >= 0.3 is 12.1 Å². The van der Waals surface area contributed by atoms with Gasteiger partial charge in [0.1, 0.15) is 12.6 Å². The quantitative estimate of drug-likeness (QED) is 0.763. The molecule has 1 atom stereocenters. The molecular weight excluding hydrogens is 242 g/mol. The summed E-state index contributed by atoms with van der Waals surface area (Å²) in [6.07, 6.45) is 5.72. The molecule has 0 rings (SSSR count). The van der Waals surface area contributed by atoms with Crippen molar-refractivity contribution in [2.75, 3.05) is 31.1 Å². The Labute approximate surface area is 104 Å². The molecule has 0 aromatic rings. The van der Waals surface area contributed by atoms with Crippen LogP contribution in [-0.4, -0.2) is 54.3 Å². The number of carboxylic acid groups (broad SMARTS) is 1. The zero-order valence-electron chi connectivity index (χ0n) is 11.1. The number of carbonyl (C=O) groups is 2. The van der Waals surface area contributed by atoms with Crippen molar-refractivity contribution in [2.45, 2.75) is 19.9 Å². The first-order valence-electron chi connectivity index (χ1n) is 5.45. The van der Waals surface area contributed by atoms with Crippen LogP contribution in [0.15, 0.2) is 0 Å². The molecule has 0 aliphatic rings. The number of hydrogen-bond acceptors (Lipinski definition) is 3. The SMILES string of the molecule is CC(C)C(NC(=O)OCCS(C)(C)C)C(=O)O. The number of carboxylic acids is 1. The number of nitrogens with one attached hydrogen (secondary N) is 1. The van der Waals surface area contributed by atoms with Crippen LogP contribution in [0.4, 0.5) is 4.79 Å². The Morgan fingerprint density at radius 1 is 1.29 bits per heavy atom. The standard InChI is InChI=1S/C11H23NO4S/c1-8(2)9(10(13)14)12-11(15)16-6-7-17(3,4)5/h8-9H,6-7H2,1-5H3,(H,12,15)(H,13,14). The lowest BCUT2D eigenvalue weighted by Gasteiger charge is -2.25. The van der Waals surface area contributed by atoms with Gasteiger partial charge in [0.05, 0.1) is 0 Å². The molecule has 0 heterocycles. The molecule has 1 amide bonds. The Bertz CT molecular complexity index is 273. The van der Waals surface area contributed by atoms with Crippen molar-refractivity contribution in [2.24, 2.45) is 5.92 Å². The van der Waals surface area contributed by atoms with E-state index in [2.05, 4.69) is 24.1 Å². The van der Waals surface area contributed by atoms with Gasteiger partial charge in [-0.3, -0.25) is 0 Å². The van der Waals surface area contributed by atoms with E-state index in [0.717, 1.165) is 5.75 Å². The second-order valence-electron chi connectivity index (χ2n) is 5.14. The maximum Gasteiger partial charge on any atom is 0.407 e. The molecule has 0 saturated carbocycles. The van der Waals surface area contributed by atoms with Crippen LogP contribution in [-0.2, 0) is 9.53 Å². The molecule has 0 aliphatic heterocycles. The molecule has 5 nitrogen and oxygen atoms in total. The summed E-state index contributed by atoms with van der Waals surface area (Å²) in [4.78, 5) is 22.2. The summed E-state index contributed by atoms with van der Waals surface area (Å²) < 4.78 is 4.96. The van der Waals surface area contributed by atoms with Crippen molar-refractivity contribution in [3.63, 3.8) is 0 Å². The minimum absolute atomic E-state index is 0.173. The van der Waals surface area contributed by atoms with Crippen LogP contribution >= 0.6 is 10.0 Å². The molecule has 6 heteroatoms. The molecule has 0 saturated heterocycles. The molecule has 0 bridgehead atoms. The summed E-state index contributed by atoms with van der Waals surface area (Å²) in [6, 6.07) is -0.899. The number of hydrogen-bond donors (Lipinski definition) is 2. The highest BCUT2D eigenvalue weighted by Gasteiger charge is 2.24. The van der Waals surface area contributed by atoms with Gasteiger partial charge in [-0.05, 0) is 24.7 Å². The third kappa shape index (κ3) is 7.90. The maximum atomic E-state index is 11.4. The molecule has 102 valence electrons. The summed E-state index contributed by atoms with van der Waals surface area (Å²) in [5, 5.41) is 11.2. The van der Waals surface area contributed by atoms with Gasteiger partial charge in [0, 0.05) is 5.75 Å². The fourth-order valence-corrected chi connectivity index (χ4v) is 1.65. The lowest BCUT2D eigenvalue weighted by Crippen LogP contribution is -2.44. The first-order chi connectivity index (χ1) is 7.63. The molecule has 0 radical (unpaired) electrons. The predicted molar refractivity (Wildman–Crippen MR) is 71.0 cm³/mol. The Morgan fingerprint density at radius 2 is 1.82 bits per heavy atom. The Morgan fingerprint density at radius 3 is 2.18 bits per heavy atom. The average molecular weight is 265 g/mol. The molecule has 0 aromatic carbocycles. The second kappa shape index (κ2) is 6.74. The van der Waals surface area contributed by atoms with Gasteiger partial charge in [-0.1, -0.05) is 13.8 Å². The molecule has 2 N–H and O–H groups in total. The van der Waals surface area contributed by atoms with Gasteiger partial charge < -0.3 is 15.2 Å². The Hall–Kier alpha value is -0.910. The van der Waals surface area contributed by atoms with Crippen molar-refractivity contribution < 1.29 is 19.4 Å². The molecular formula is C11H23NO4S. The summed E-state index contributed by atoms with van der Waals surface area (Å²) in [5.74, 6) is -0.397. The van der Waals surface area contributed by atoms with Crippen molar-refractivity contribution in [3.8, 4) is 0 Å². The molecule has 0 aliphatic carbocycles. The van der Waals surface area contributed by atoms with E-state index in [9.17, 15) is 9.59 Å². The van der Waals surface area contributed by atoms with Crippen LogP contribution in [0, 0.1) is 5.92 Å². The lowest BCUT2D eigenvalue weighted by atomic mass is 10.1. The monoisotopic (exact) mass is 265 g/mol. The minimum atomic E-state index is -1.04. The highest BCUT2D eigenvalue weighted by atomic mass is 32.3. The van der Waals surface area contributed by atoms with Crippen LogP contribution in [0.5, 0.6) is 0 Å². The van der Waals surface area contributed by atoms with E-state index in [-0.39, 0.29) is 5.92 Å². The van der Waals surface area contributed by atoms with Crippen molar-refractivity contribution in [1.29, 1.82) is 0 Å². The fraction of sp³-hybridized carbons (Fsp3) is 0.818. The zero-order chi connectivity index (χ0) is 13.6. The number of aliphatic carboxylic acids is 1. The minimum Gasteiger partial charge on any atom is -0.480 e. The number of rotatable bonds is 6. The van der Waals surface area contributed by atoms with Crippen molar-refractivity contribution in [3.05, 3.63) is 0 Å². The first-order valence-corrected chi connectivity index (χ1v) is 8.48. The molecule has 0 aromatic heterocycles. The maximum absolute atomic E-state index is 11.4. The van der Waals surface area contributed by atoms with Gasteiger partial charge in [-0.2, -0.15) is 0 Å². The molecule has 17 heavy (non-hydrogen) atoms. The topological polar surface area (TPSA) is 75.6 Å². The normalized spacial score (nSPS) is 14.2. The van der Waals surface area contributed by atoms with E-state index in [1.165, 1.54) is 0 Å². The van der Waals surface area contributed by atoms with Gasteiger partial charge in [-0.25, -0.2) is 19.6 Å². The summed E-state index contributed by atoms with van der Waals surface area (Å²) in [7, 11) is -0.702. The Balaban J connectivity index is 4.04. The Kier molecular flexibility index (Phi) is 6.37. The van der Waals surface area contributed by atoms with E-state index < -0.39 is 28.1 Å². The van der Waals surface area contributed by atoms with Gasteiger partial charge in [0.25, 0.3) is 0 Å². The summed E-state index contributed by atoms with van der Waals surface area (Å²) in [6.45, 7) is 3.80. The lowest BCUT2D eigenvalue weighted by molar-refractivity contribution is -0.140. The highest BCUT2D eigenvalue weighted by Crippen LogP contribution is 2.33. The van der Waals surface area contributed by atoms with Crippen LogP contribution in [0.3, 0.4) is 0 Å². The van der Waals surface area contributed by atoms with E-state index in [4.69, 9.17) is 9.84 Å². The van der Waals surface area contributed by atoms with Crippen LogP contribution < -0.4 is 5.32 Å². The summed E-state index contributed by atoms with van der Waals surface area (Å²) in [5.41, 5.74) is 0. The van der Waals surface area contributed by atoms with Crippen molar-refractivity contribution >= 4 is 22.1 Å². The third-order valence-electron chi connectivity index (χ3n) is 2.13. The highest BCUT2D eigenvalue weighted by molar-refractivity contribution is 8.32. The van der Waals surface area contributed by atoms with Crippen LogP contribution in [0.25, 0.3) is 0 Å². The van der Waals surface area contributed by atoms with E-state index in [0.29, 0.717) is 6.61 Å². The smallest absolute Gasteiger partial charge is 0.407 e. The fourth-order valence-electron chi connectivity index (χ4n) is 1.07. The van der Waals surface area contributed by atoms with Gasteiger partial charge in [0.15, 0.2) is 0 Å². The van der Waals surface area contributed by atoms with E-state index in [1.54, 1.807) is 13.8 Å².